The molecular formula is C12H9F3N2O2S. The first-order valence-electron chi connectivity index (χ1n) is 5.32. The Kier molecular flexibility index (Phi) is 3.58. The zero-order valence-electron chi connectivity index (χ0n) is 9.90. The van der Waals surface area contributed by atoms with Crippen molar-refractivity contribution in [1.29, 1.82) is 0 Å². The molecule has 0 aromatic heterocycles. The molecule has 0 fully saturated rings. The smallest absolute Gasteiger partial charge is 0.261 e. The molecule has 8 heteroatoms. The van der Waals surface area contributed by atoms with Gasteiger partial charge >= 0.3 is 0 Å². The van der Waals surface area contributed by atoms with E-state index in [2.05, 4.69) is 0 Å². The second-order valence-electron chi connectivity index (χ2n) is 3.92. The van der Waals surface area contributed by atoms with Crippen LogP contribution in [0.4, 0.5) is 24.5 Å². The number of hydrogen-bond acceptors (Lipinski definition) is 3. The number of nitrogen functional groups attached to an aromatic ring is 1. The summed E-state index contributed by atoms with van der Waals surface area (Å²) >= 11 is 0. The summed E-state index contributed by atoms with van der Waals surface area (Å²) in [5, 5.41) is 0. The highest BCUT2D eigenvalue weighted by molar-refractivity contribution is 7.92. The van der Waals surface area contributed by atoms with E-state index in [4.69, 9.17) is 5.73 Å². The number of anilines is 2. The molecule has 0 heterocycles. The Balaban J connectivity index is 2.41. The Morgan fingerprint density at radius 3 is 2.20 bits per heavy atom. The fourth-order valence-electron chi connectivity index (χ4n) is 1.48. The zero-order chi connectivity index (χ0) is 14.9. The van der Waals surface area contributed by atoms with Crippen molar-refractivity contribution in [2.75, 3.05) is 10.5 Å². The maximum atomic E-state index is 13.4. The minimum absolute atomic E-state index is 0.212. The third kappa shape index (κ3) is 2.85. The van der Waals surface area contributed by atoms with Gasteiger partial charge in [-0.1, -0.05) is 0 Å². The van der Waals surface area contributed by atoms with Gasteiger partial charge in [-0.3, -0.25) is 4.72 Å². The number of nitrogens with two attached hydrogens (primary N) is 1. The van der Waals surface area contributed by atoms with Crippen LogP contribution in [0.2, 0.25) is 0 Å². The van der Waals surface area contributed by atoms with Gasteiger partial charge in [-0.05, 0) is 24.3 Å². The Bertz CT molecular complexity index is 746. The molecule has 0 aliphatic carbocycles. The molecule has 0 saturated heterocycles. The van der Waals surface area contributed by atoms with Crippen molar-refractivity contribution < 1.29 is 21.6 Å². The minimum atomic E-state index is -4.16. The Labute approximate surface area is 113 Å². The van der Waals surface area contributed by atoms with Crippen LogP contribution in [0.5, 0.6) is 0 Å². The van der Waals surface area contributed by atoms with Crippen LogP contribution in [0, 0.1) is 17.5 Å². The quantitative estimate of drug-likeness (QED) is 0.676. The molecule has 0 unspecified atom stereocenters. The molecule has 2 aromatic rings. The van der Waals surface area contributed by atoms with Crippen molar-refractivity contribution in [3.05, 3.63) is 53.8 Å². The van der Waals surface area contributed by atoms with Crippen LogP contribution in [0.3, 0.4) is 0 Å². The zero-order valence-corrected chi connectivity index (χ0v) is 10.7. The van der Waals surface area contributed by atoms with Crippen LogP contribution >= 0.6 is 0 Å². The SMILES string of the molecule is Nc1ccc(S(=O)(=O)Nc2cc(F)cc(F)c2F)cc1. The molecule has 0 aliphatic rings. The molecule has 20 heavy (non-hydrogen) atoms. The van der Waals surface area contributed by atoms with Crippen LogP contribution in [-0.2, 0) is 10.0 Å². The summed E-state index contributed by atoms with van der Waals surface area (Å²) in [5.41, 5.74) is 4.95. The molecule has 0 spiro atoms. The highest BCUT2D eigenvalue weighted by Gasteiger charge is 2.19. The van der Waals surface area contributed by atoms with Crippen molar-refractivity contribution in [3.63, 3.8) is 0 Å². The Morgan fingerprint density at radius 2 is 1.60 bits per heavy atom. The number of sulfonamides is 1. The second kappa shape index (κ2) is 5.04. The third-order valence-electron chi connectivity index (χ3n) is 2.43. The van der Waals surface area contributed by atoms with Gasteiger partial charge in [-0.25, -0.2) is 21.6 Å². The van der Waals surface area contributed by atoms with Gasteiger partial charge in [0.1, 0.15) is 5.82 Å². The summed E-state index contributed by atoms with van der Waals surface area (Å²) in [6, 6.07) is 5.90. The predicted octanol–water partition coefficient (Wildman–Crippen LogP) is 2.49. The summed E-state index contributed by atoms with van der Waals surface area (Å²) in [4.78, 5) is -0.212. The molecule has 2 aromatic carbocycles. The molecule has 0 amide bonds. The average Bonchev–Trinajstić information content (AvgIpc) is 2.35. The van der Waals surface area contributed by atoms with E-state index in [1.54, 1.807) is 4.72 Å². The fourth-order valence-corrected chi connectivity index (χ4v) is 2.53. The normalized spacial score (nSPS) is 11.3. The average molecular weight is 302 g/mol. The highest BCUT2D eigenvalue weighted by Crippen LogP contribution is 2.23. The summed E-state index contributed by atoms with van der Waals surface area (Å²) < 4.78 is 65.0. The monoisotopic (exact) mass is 302 g/mol. The predicted molar refractivity (Wildman–Crippen MR) is 68.0 cm³/mol. The lowest BCUT2D eigenvalue weighted by molar-refractivity contribution is 0.498. The van der Waals surface area contributed by atoms with Gasteiger partial charge in [0.2, 0.25) is 0 Å². The van der Waals surface area contributed by atoms with E-state index in [0.29, 0.717) is 17.8 Å². The molecular weight excluding hydrogens is 293 g/mol. The topological polar surface area (TPSA) is 72.2 Å². The van der Waals surface area contributed by atoms with E-state index in [-0.39, 0.29) is 4.90 Å². The maximum Gasteiger partial charge on any atom is 0.261 e. The summed E-state index contributed by atoms with van der Waals surface area (Å²) in [5.74, 6) is -4.07. The molecule has 0 bridgehead atoms. The molecule has 2 rings (SSSR count). The maximum absolute atomic E-state index is 13.4. The summed E-state index contributed by atoms with van der Waals surface area (Å²) in [6.45, 7) is 0. The minimum Gasteiger partial charge on any atom is -0.399 e. The van der Waals surface area contributed by atoms with Crippen molar-refractivity contribution in [1.82, 2.24) is 0 Å². The van der Waals surface area contributed by atoms with Gasteiger partial charge in [0.15, 0.2) is 11.6 Å². The third-order valence-corrected chi connectivity index (χ3v) is 3.81. The van der Waals surface area contributed by atoms with E-state index in [0.717, 1.165) is 0 Å². The molecule has 0 aliphatic heterocycles. The van der Waals surface area contributed by atoms with E-state index in [1.807, 2.05) is 0 Å². The standard InChI is InChI=1S/C12H9F3N2O2S/c13-7-5-10(14)12(15)11(6-7)17-20(18,19)9-3-1-8(16)2-4-9/h1-6,17H,16H2. The van der Waals surface area contributed by atoms with Crippen molar-refractivity contribution in [2.24, 2.45) is 0 Å². The number of nitrogens with one attached hydrogen (secondary N) is 1. The molecule has 0 atom stereocenters. The van der Waals surface area contributed by atoms with Crippen molar-refractivity contribution >= 4 is 21.4 Å². The van der Waals surface area contributed by atoms with Crippen LogP contribution in [-0.4, -0.2) is 8.42 Å². The van der Waals surface area contributed by atoms with E-state index in [9.17, 15) is 21.6 Å². The van der Waals surface area contributed by atoms with E-state index in [1.165, 1.54) is 24.3 Å². The first-order chi connectivity index (χ1) is 9.29. The molecule has 3 N–H and O–H groups in total. The van der Waals surface area contributed by atoms with Crippen molar-refractivity contribution in [3.8, 4) is 0 Å². The summed E-state index contributed by atoms with van der Waals surface area (Å²) in [7, 11) is -4.16. The number of rotatable bonds is 3. The first kappa shape index (κ1) is 14.2. The first-order valence-corrected chi connectivity index (χ1v) is 6.81. The summed E-state index contributed by atoms with van der Waals surface area (Å²) in [6.07, 6.45) is 0. The van der Waals surface area contributed by atoms with Gasteiger partial charge in [-0.15, -0.1) is 0 Å². The second-order valence-corrected chi connectivity index (χ2v) is 5.61. The fraction of sp³-hybridized carbons (Fsp3) is 0. The van der Waals surface area contributed by atoms with Gasteiger partial charge in [-0.2, -0.15) is 0 Å². The largest absolute Gasteiger partial charge is 0.399 e. The van der Waals surface area contributed by atoms with Gasteiger partial charge < -0.3 is 5.73 Å². The number of benzene rings is 2. The molecule has 4 nitrogen and oxygen atoms in total. The lowest BCUT2D eigenvalue weighted by atomic mass is 10.3. The van der Waals surface area contributed by atoms with Gasteiger partial charge in [0.25, 0.3) is 10.0 Å². The number of halogens is 3. The van der Waals surface area contributed by atoms with Crippen LogP contribution < -0.4 is 10.5 Å². The van der Waals surface area contributed by atoms with E-state index < -0.39 is 33.2 Å². The number of hydrogen-bond donors (Lipinski definition) is 2. The molecule has 106 valence electrons. The van der Waals surface area contributed by atoms with Crippen LogP contribution in [0.25, 0.3) is 0 Å². The Hall–Kier alpha value is -2.22. The Morgan fingerprint density at radius 1 is 1.00 bits per heavy atom. The van der Waals surface area contributed by atoms with Gasteiger partial charge in [0.05, 0.1) is 10.6 Å². The lowest BCUT2D eigenvalue weighted by Gasteiger charge is -2.09. The van der Waals surface area contributed by atoms with Crippen LogP contribution in [0.15, 0.2) is 41.3 Å². The molecule has 0 radical (unpaired) electrons. The van der Waals surface area contributed by atoms with Crippen LogP contribution in [0.1, 0.15) is 0 Å². The van der Waals surface area contributed by atoms with E-state index >= 15 is 0 Å². The van der Waals surface area contributed by atoms with Gasteiger partial charge in [0, 0.05) is 17.8 Å². The molecule has 0 saturated carbocycles. The van der Waals surface area contributed by atoms with Crippen molar-refractivity contribution in [2.45, 2.75) is 4.90 Å². The lowest BCUT2D eigenvalue weighted by Crippen LogP contribution is -2.14. The highest BCUT2D eigenvalue weighted by atomic mass is 32.2.